The Morgan fingerprint density at radius 1 is 1.47 bits per heavy atom. The maximum atomic E-state index is 12.1. The average molecular weight is 326 g/mol. The van der Waals surface area contributed by atoms with Crippen LogP contribution in [0.1, 0.15) is 25.5 Å². The van der Waals surface area contributed by atoms with Crippen molar-refractivity contribution in [1.82, 2.24) is 9.88 Å². The van der Waals surface area contributed by atoms with Crippen molar-refractivity contribution in [3.8, 4) is 0 Å². The van der Waals surface area contributed by atoms with Gasteiger partial charge in [-0.3, -0.25) is 14.5 Å². The van der Waals surface area contributed by atoms with Gasteiger partial charge in [-0.2, -0.15) is 0 Å². The number of pyridine rings is 1. The molecule has 0 spiro atoms. The van der Waals surface area contributed by atoms with Crippen LogP contribution < -0.4 is 5.32 Å². The monoisotopic (exact) mass is 325 g/mol. The van der Waals surface area contributed by atoms with Gasteiger partial charge in [-0.1, -0.05) is 6.92 Å². The summed E-state index contributed by atoms with van der Waals surface area (Å²) < 4.78 is 0.916. The third-order valence-electron chi connectivity index (χ3n) is 3.03. The lowest BCUT2D eigenvalue weighted by Crippen LogP contribution is -2.35. The van der Waals surface area contributed by atoms with E-state index in [1.165, 1.54) is 4.90 Å². The SMILES string of the molecule is CCCN1C(=O)CC(Nc2ccc(Br)c(C)n2)C1=O. The number of carbonyl (C=O) groups excluding carboxylic acids is 2. The van der Waals surface area contributed by atoms with E-state index >= 15 is 0 Å². The highest BCUT2D eigenvalue weighted by Gasteiger charge is 2.38. The molecule has 0 saturated carbocycles. The van der Waals surface area contributed by atoms with Crippen molar-refractivity contribution in [2.24, 2.45) is 0 Å². The van der Waals surface area contributed by atoms with Crippen LogP contribution in [0.3, 0.4) is 0 Å². The molecular formula is C13H16BrN3O2. The van der Waals surface area contributed by atoms with Crippen molar-refractivity contribution in [2.75, 3.05) is 11.9 Å². The Labute approximate surface area is 120 Å². The van der Waals surface area contributed by atoms with E-state index in [0.717, 1.165) is 16.6 Å². The second kappa shape index (κ2) is 5.69. The van der Waals surface area contributed by atoms with Crippen molar-refractivity contribution in [3.05, 3.63) is 22.3 Å². The van der Waals surface area contributed by atoms with E-state index in [1.807, 2.05) is 19.9 Å². The van der Waals surface area contributed by atoms with Gasteiger partial charge in [0.1, 0.15) is 11.9 Å². The smallest absolute Gasteiger partial charge is 0.252 e. The number of carbonyl (C=O) groups is 2. The number of aromatic nitrogens is 1. The Hall–Kier alpha value is -1.43. The summed E-state index contributed by atoms with van der Waals surface area (Å²) in [6.07, 6.45) is 0.982. The highest BCUT2D eigenvalue weighted by molar-refractivity contribution is 9.10. The molecule has 19 heavy (non-hydrogen) atoms. The lowest BCUT2D eigenvalue weighted by molar-refractivity contribution is -0.138. The number of nitrogens with zero attached hydrogens (tertiary/aromatic N) is 2. The molecule has 0 radical (unpaired) electrons. The standard InChI is InChI=1S/C13H16BrN3O2/c1-3-6-17-12(18)7-10(13(17)19)16-11-5-4-9(14)8(2)15-11/h4-5,10H,3,6-7H2,1-2H3,(H,15,16). The number of nitrogens with one attached hydrogen (secondary N) is 1. The molecule has 1 atom stereocenters. The second-order valence-electron chi connectivity index (χ2n) is 4.55. The number of likely N-dealkylation sites (tertiary alicyclic amines) is 1. The molecule has 0 bridgehead atoms. The summed E-state index contributed by atoms with van der Waals surface area (Å²) in [5.74, 6) is 0.345. The largest absolute Gasteiger partial charge is 0.358 e. The molecule has 1 unspecified atom stereocenters. The number of hydrogen-bond acceptors (Lipinski definition) is 4. The van der Waals surface area contributed by atoms with Gasteiger partial charge in [0.25, 0.3) is 5.91 Å². The number of hydrogen-bond donors (Lipinski definition) is 1. The summed E-state index contributed by atoms with van der Waals surface area (Å²) in [4.78, 5) is 29.5. The van der Waals surface area contributed by atoms with E-state index in [2.05, 4.69) is 26.2 Å². The Balaban J connectivity index is 2.09. The van der Waals surface area contributed by atoms with Gasteiger partial charge in [0.15, 0.2) is 0 Å². The molecule has 0 aliphatic carbocycles. The van der Waals surface area contributed by atoms with Gasteiger partial charge in [0.05, 0.1) is 12.1 Å². The van der Waals surface area contributed by atoms with Crippen LogP contribution in [0.5, 0.6) is 0 Å². The fraction of sp³-hybridized carbons (Fsp3) is 0.462. The molecule has 1 saturated heterocycles. The Morgan fingerprint density at radius 2 is 2.21 bits per heavy atom. The zero-order valence-electron chi connectivity index (χ0n) is 10.9. The lowest BCUT2D eigenvalue weighted by atomic mass is 10.2. The molecule has 2 heterocycles. The number of imide groups is 1. The Morgan fingerprint density at radius 3 is 2.84 bits per heavy atom. The Kier molecular flexibility index (Phi) is 4.19. The van der Waals surface area contributed by atoms with Crippen molar-refractivity contribution in [1.29, 1.82) is 0 Å². The zero-order chi connectivity index (χ0) is 14.0. The van der Waals surface area contributed by atoms with Crippen LogP contribution in [0.4, 0.5) is 5.82 Å². The van der Waals surface area contributed by atoms with Crippen LogP contribution >= 0.6 is 15.9 Å². The minimum atomic E-state index is -0.493. The summed E-state index contributed by atoms with van der Waals surface area (Å²) >= 11 is 3.37. The van der Waals surface area contributed by atoms with Crippen LogP contribution in [-0.4, -0.2) is 34.3 Å². The summed E-state index contributed by atoms with van der Waals surface area (Å²) in [5, 5.41) is 3.03. The first-order valence-electron chi connectivity index (χ1n) is 6.26. The van der Waals surface area contributed by atoms with E-state index in [0.29, 0.717) is 12.4 Å². The third-order valence-corrected chi connectivity index (χ3v) is 3.87. The van der Waals surface area contributed by atoms with Gasteiger partial charge in [-0.15, -0.1) is 0 Å². The van der Waals surface area contributed by atoms with Crippen LogP contribution in [0.25, 0.3) is 0 Å². The number of halogens is 1. The molecule has 5 nitrogen and oxygen atoms in total. The average Bonchev–Trinajstić information content (AvgIpc) is 2.62. The predicted octanol–water partition coefficient (Wildman–Crippen LogP) is 2.10. The van der Waals surface area contributed by atoms with Crippen molar-refractivity contribution >= 4 is 33.6 Å². The maximum Gasteiger partial charge on any atom is 0.252 e. The first kappa shape index (κ1) is 14.0. The molecule has 1 aliphatic rings. The van der Waals surface area contributed by atoms with Gasteiger partial charge in [-0.05, 0) is 41.4 Å². The predicted molar refractivity (Wildman–Crippen MR) is 75.7 cm³/mol. The normalized spacial score (nSPS) is 19.1. The summed E-state index contributed by atoms with van der Waals surface area (Å²) in [7, 11) is 0. The van der Waals surface area contributed by atoms with Crippen LogP contribution in [0, 0.1) is 6.92 Å². The fourth-order valence-corrected chi connectivity index (χ4v) is 2.28. The van der Waals surface area contributed by atoms with Crippen LogP contribution in [-0.2, 0) is 9.59 Å². The molecule has 2 amide bonds. The van der Waals surface area contributed by atoms with E-state index < -0.39 is 6.04 Å². The van der Waals surface area contributed by atoms with Crippen LogP contribution in [0.15, 0.2) is 16.6 Å². The molecule has 1 N–H and O–H groups in total. The molecule has 1 aliphatic heterocycles. The molecule has 1 fully saturated rings. The maximum absolute atomic E-state index is 12.1. The number of aryl methyl sites for hydroxylation is 1. The zero-order valence-corrected chi connectivity index (χ0v) is 12.5. The van der Waals surface area contributed by atoms with E-state index in [4.69, 9.17) is 0 Å². The topological polar surface area (TPSA) is 62.3 Å². The summed E-state index contributed by atoms with van der Waals surface area (Å²) in [6, 6.07) is 3.17. The lowest BCUT2D eigenvalue weighted by Gasteiger charge is -2.15. The first-order valence-corrected chi connectivity index (χ1v) is 7.06. The van der Waals surface area contributed by atoms with Crippen LogP contribution in [0.2, 0.25) is 0 Å². The van der Waals surface area contributed by atoms with Crippen molar-refractivity contribution in [3.63, 3.8) is 0 Å². The minimum Gasteiger partial charge on any atom is -0.358 e. The molecular weight excluding hydrogens is 310 g/mol. The first-order chi connectivity index (χ1) is 9.02. The number of amides is 2. The second-order valence-corrected chi connectivity index (χ2v) is 5.40. The van der Waals surface area contributed by atoms with Gasteiger partial charge < -0.3 is 5.32 Å². The van der Waals surface area contributed by atoms with E-state index in [-0.39, 0.29) is 18.2 Å². The van der Waals surface area contributed by atoms with Gasteiger partial charge >= 0.3 is 0 Å². The molecule has 0 aromatic carbocycles. The van der Waals surface area contributed by atoms with E-state index in [1.54, 1.807) is 6.07 Å². The molecule has 1 aromatic heterocycles. The fourth-order valence-electron chi connectivity index (χ4n) is 2.06. The Bertz CT molecular complexity index is 519. The van der Waals surface area contributed by atoms with Gasteiger partial charge in [-0.25, -0.2) is 4.98 Å². The highest BCUT2D eigenvalue weighted by Crippen LogP contribution is 2.20. The number of rotatable bonds is 4. The van der Waals surface area contributed by atoms with Crippen molar-refractivity contribution < 1.29 is 9.59 Å². The van der Waals surface area contributed by atoms with Crippen molar-refractivity contribution in [2.45, 2.75) is 32.7 Å². The highest BCUT2D eigenvalue weighted by atomic mass is 79.9. The number of anilines is 1. The molecule has 6 heteroatoms. The van der Waals surface area contributed by atoms with Gasteiger partial charge in [0, 0.05) is 11.0 Å². The molecule has 102 valence electrons. The molecule has 1 aromatic rings. The summed E-state index contributed by atoms with van der Waals surface area (Å²) in [6.45, 7) is 4.31. The van der Waals surface area contributed by atoms with E-state index in [9.17, 15) is 9.59 Å². The third kappa shape index (κ3) is 2.94. The van der Waals surface area contributed by atoms with Gasteiger partial charge in [0.2, 0.25) is 5.91 Å². The summed E-state index contributed by atoms with van der Waals surface area (Å²) in [5.41, 5.74) is 0.840. The molecule has 2 rings (SSSR count). The quantitative estimate of drug-likeness (QED) is 0.861. The minimum absolute atomic E-state index is 0.113.